The van der Waals surface area contributed by atoms with Gasteiger partial charge in [0.2, 0.25) is 0 Å². The van der Waals surface area contributed by atoms with Crippen molar-refractivity contribution in [3.63, 3.8) is 0 Å². The van der Waals surface area contributed by atoms with Gasteiger partial charge in [-0.1, -0.05) is 24.9 Å². The molecule has 5 heteroatoms. The highest BCUT2D eigenvalue weighted by molar-refractivity contribution is 6.31. The first-order chi connectivity index (χ1) is 11.2. The van der Waals surface area contributed by atoms with Crippen molar-refractivity contribution in [1.29, 1.82) is 0 Å². The van der Waals surface area contributed by atoms with Gasteiger partial charge in [-0.3, -0.25) is 4.79 Å². The Balaban J connectivity index is 2.07. The maximum absolute atomic E-state index is 13.5. The van der Waals surface area contributed by atoms with E-state index in [1.165, 1.54) is 6.07 Å². The van der Waals surface area contributed by atoms with E-state index in [4.69, 9.17) is 16.3 Å². The van der Waals surface area contributed by atoms with Crippen LogP contribution in [0.5, 0.6) is 0 Å². The molecule has 3 nitrogen and oxygen atoms in total. The first kappa shape index (κ1) is 19.2. The molecule has 0 heterocycles. The zero-order valence-electron chi connectivity index (χ0n) is 14.9. The van der Waals surface area contributed by atoms with Gasteiger partial charge in [0.25, 0.3) is 0 Å². The molecule has 0 amide bonds. The Morgan fingerprint density at radius 3 is 2.79 bits per heavy atom. The first-order valence-electron chi connectivity index (χ1n) is 8.65. The maximum Gasteiger partial charge on any atom is 0.323 e. The molecule has 0 bridgehead atoms. The van der Waals surface area contributed by atoms with Crippen molar-refractivity contribution in [1.82, 2.24) is 5.32 Å². The fourth-order valence-corrected chi connectivity index (χ4v) is 3.45. The molecule has 0 radical (unpaired) electrons. The Hall–Kier alpha value is -1.13. The summed E-state index contributed by atoms with van der Waals surface area (Å²) in [7, 11) is 0. The number of halogens is 2. The van der Waals surface area contributed by atoms with Crippen LogP contribution in [0.3, 0.4) is 0 Å². The van der Waals surface area contributed by atoms with E-state index in [2.05, 4.69) is 12.2 Å². The summed E-state index contributed by atoms with van der Waals surface area (Å²) in [4.78, 5) is 12.4. The molecule has 0 spiro atoms. The van der Waals surface area contributed by atoms with Crippen molar-refractivity contribution in [2.45, 2.75) is 77.5 Å². The highest BCUT2D eigenvalue weighted by Gasteiger charge is 2.29. The average molecular weight is 356 g/mol. The van der Waals surface area contributed by atoms with Gasteiger partial charge in [-0.15, -0.1) is 0 Å². The highest BCUT2D eigenvalue weighted by Crippen LogP contribution is 2.29. The number of esters is 1. The Morgan fingerprint density at radius 1 is 1.46 bits per heavy atom. The molecule has 1 aromatic carbocycles. The van der Waals surface area contributed by atoms with E-state index in [1.54, 1.807) is 6.07 Å². The standard InChI is InChI=1S/C19H27ClFNO2/c1-5-6-17(18(23)24-19(2,3)4)22-14-8-7-12-9-13(21)10-16(20)15(12)11-14/h9-10,14,17,22H,5-8,11H2,1-4H3/t14-,17?/m0/s1. The zero-order chi connectivity index (χ0) is 17.9. The second-order valence-electron chi connectivity index (χ2n) is 7.51. The third-order valence-electron chi connectivity index (χ3n) is 4.17. The minimum atomic E-state index is -0.495. The molecule has 1 N–H and O–H groups in total. The van der Waals surface area contributed by atoms with Crippen molar-refractivity contribution in [2.24, 2.45) is 0 Å². The second kappa shape index (κ2) is 7.83. The van der Waals surface area contributed by atoms with E-state index in [1.807, 2.05) is 20.8 Å². The lowest BCUT2D eigenvalue weighted by atomic mass is 9.87. The van der Waals surface area contributed by atoms with Gasteiger partial charge in [0.15, 0.2) is 0 Å². The number of hydrogen-bond donors (Lipinski definition) is 1. The second-order valence-corrected chi connectivity index (χ2v) is 7.91. The lowest BCUT2D eigenvalue weighted by molar-refractivity contribution is -0.158. The van der Waals surface area contributed by atoms with Crippen molar-refractivity contribution in [3.8, 4) is 0 Å². The topological polar surface area (TPSA) is 38.3 Å². The predicted octanol–water partition coefficient (Wildman–Crippen LogP) is 4.44. The minimum Gasteiger partial charge on any atom is -0.459 e. The molecule has 1 aromatic rings. The number of aryl methyl sites for hydroxylation is 1. The van der Waals surface area contributed by atoms with Crippen LogP contribution in [0.25, 0.3) is 0 Å². The third-order valence-corrected chi connectivity index (χ3v) is 4.51. The van der Waals surface area contributed by atoms with Crippen molar-refractivity contribution < 1.29 is 13.9 Å². The smallest absolute Gasteiger partial charge is 0.323 e. The number of rotatable bonds is 5. The van der Waals surface area contributed by atoms with E-state index in [0.717, 1.165) is 36.8 Å². The Kier molecular flexibility index (Phi) is 6.27. The van der Waals surface area contributed by atoms with E-state index >= 15 is 0 Å². The summed E-state index contributed by atoms with van der Waals surface area (Å²) in [6.07, 6.45) is 3.95. The Labute approximate surface area is 148 Å². The normalized spacial score (nSPS) is 18.8. The average Bonchev–Trinajstić information content (AvgIpc) is 2.45. The van der Waals surface area contributed by atoms with E-state index in [-0.39, 0.29) is 23.9 Å². The summed E-state index contributed by atoms with van der Waals surface area (Å²) in [6.45, 7) is 7.67. The molecule has 2 rings (SSSR count). The Bertz CT molecular complexity index is 598. The fourth-order valence-electron chi connectivity index (χ4n) is 3.14. The van der Waals surface area contributed by atoms with Gasteiger partial charge in [-0.25, -0.2) is 4.39 Å². The molecule has 0 aromatic heterocycles. The van der Waals surface area contributed by atoms with Crippen molar-refractivity contribution >= 4 is 17.6 Å². The number of carbonyl (C=O) groups excluding carboxylic acids is 1. The monoisotopic (exact) mass is 355 g/mol. The molecule has 0 aliphatic heterocycles. The van der Waals surface area contributed by atoms with Crippen LogP contribution in [0.1, 0.15) is 58.1 Å². The molecule has 1 unspecified atom stereocenters. The van der Waals surface area contributed by atoms with Crippen LogP contribution in [-0.2, 0) is 22.4 Å². The van der Waals surface area contributed by atoms with E-state index in [9.17, 15) is 9.18 Å². The fraction of sp³-hybridized carbons (Fsp3) is 0.632. The Morgan fingerprint density at radius 2 is 2.17 bits per heavy atom. The molecule has 0 fully saturated rings. The van der Waals surface area contributed by atoms with Crippen LogP contribution >= 0.6 is 11.6 Å². The lowest BCUT2D eigenvalue weighted by Crippen LogP contribution is -2.47. The van der Waals surface area contributed by atoms with Crippen LogP contribution in [0.2, 0.25) is 5.02 Å². The number of nitrogens with one attached hydrogen (secondary N) is 1. The summed E-state index contributed by atoms with van der Waals surface area (Å²) in [5.41, 5.74) is 1.47. The minimum absolute atomic E-state index is 0.143. The van der Waals surface area contributed by atoms with Gasteiger partial charge < -0.3 is 10.1 Å². The van der Waals surface area contributed by atoms with Gasteiger partial charge >= 0.3 is 5.97 Å². The summed E-state index contributed by atoms with van der Waals surface area (Å²) in [5.74, 6) is -0.497. The molecule has 1 aliphatic rings. The van der Waals surface area contributed by atoms with Crippen molar-refractivity contribution in [3.05, 3.63) is 34.1 Å². The zero-order valence-corrected chi connectivity index (χ0v) is 15.7. The van der Waals surface area contributed by atoms with E-state index < -0.39 is 5.60 Å². The number of benzene rings is 1. The molecule has 1 aliphatic carbocycles. The van der Waals surface area contributed by atoms with Gasteiger partial charge in [-0.05, 0) is 69.7 Å². The summed E-state index contributed by atoms with van der Waals surface area (Å²) in [6, 6.07) is 2.75. The lowest BCUT2D eigenvalue weighted by Gasteiger charge is -2.31. The van der Waals surface area contributed by atoms with Crippen LogP contribution < -0.4 is 5.32 Å². The van der Waals surface area contributed by atoms with E-state index in [0.29, 0.717) is 11.4 Å². The molecule has 0 saturated carbocycles. The summed E-state index contributed by atoms with van der Waals surface area (Å²) >= 11 is 6.20. The number of fused-ring (bicyclic) bond motifs is 1. The molecule has 24 heavy (non-hydrogen) atoms. The summed E-state index contributed by atoms with van der Waals surface area (Å²) < 4.78 is 19.0. The predicted molar refractivity (Wildman–Crippen MR) is 94.9 cm³/mol. The largest absolute Gasteiger partial charge is 0.459 e. The van der Waals surface area contributed by atoms with Crippen molar-refractivity contribution in [2.75, 3.05) is 0 Å². The van der Waals surface area contributed by atoms with Crippen LogP contribution in [-0.4, -0.2) is 23.7 Å². The van der Waals surface area contributed by atoms with Crippen LogP contribution in [0.4, 0.5) is 4.39 Å². The highest BCUT2D eigenvalue weighted by atomic mass is 35.5. The number of carbonyl (C=O) groups is 1. The molecule has 0 saturated heterocycles. The molecular weight excluding hydrogens is 329 g/mol. The van der Waals surface area contributed by atoms with Gasteiger partial charge in [0.05, 0.1) is 0 Å². The number of ether oxygens (including phenoxy) is 1. The SMILES string of the molecule is CCCC(N[C@H]1CCc2cc(F)cc(Cl)c2C1)C(=O)OC(C)(C)C. The maximum atomic E-state index is 13.5. The summed E-state index contributed by atoms with van der Waals surface area (Å²) in [5, 5.41) is 3.91. The first-order valence-corrected chi connectivity index (χ1v) is 9.03. The van der Waals surface area contributed by atoms with Gasteiger partial charge in [-0.2, -0.15) is 0 Å². The third kappa shape index (κ3) is 5.18. The molecule has 2 atom stereocenters. The molecule has 134 valence electrons. The van der Waals surface area contributed by atoms with Crippen LogP contribution in [0, 0.1) is 5.82 Å². The molecular formula is C19H27ClFNO2. The van der Waals surface area contributed by atoms with Gasteiger partial charge in [0.1, 0.15) is 17.5 Å². The van der Waals surface area contributed by atoms with Crippen LogP contribution in [0.15, 0.2) is 12.1 Å². The quantitative estimate of drug-likeness (QED) is 0.794. The van der Waals surface area contributed by atoms with Gasteiger partial charge in [0, 0.05) is 11.1 Å². The number of hydrogen-bond acceptors (Lipinski definition) is 3.